The van der Waals surface area contributed by atoms with Crippen LogP contribution in [0.5, 0.6) is 0 Å². The number of aromatic nitrogens is 2. The summed E-state index contributed by atoms with van der Waals surface area (Å²) < 4.78 is 0. The lowest BCUT2D eigenvalue weighted by atomic mass is 9.96. The van der Waals surface area contributed by atoms with Gasteiger partial charge in [-0.1, -0.05) is 54.2 Å². The predicted molar refractivity (Wildman–Crippen MR) is 103 cm³/mol. The molecule has 116 valence electrons. The summed E-state index contributed by atoms with van der Waals surface area (Å²) in [5.41, 5.74) is 3.65. The van der Waals surface area contributed by atoms with E-state index in [0.29, 0.717) is 0 Å². The van der Waals surface area contributed by atoms with Gasteiger partial charge in [-0.3, -0.25) is 0 Å². The van der Waals surface area contributed by atoms with Gasteiger partial charge in [-0.25, -0.2) is 9.97 Å². The molecule has 2 aromatic carbocycles. The van der Waals surface area contributed by atoms with Gasteiger partial charge in [0.15, 0.2) is 5.16 Å². The van der Waals surface area contributed by atoms with E-state index < -0.39 is 0 Å². The molecule has 0 saturated carbocycles. The highest BCUT2D eigenvalue weighted by Crippen LogP contribution is 2.33. The SMILES string of the molecule is C(/Sc1ncccn1)=C(/c1ccsc1)c1cccc2ccccc12. The maximum absolute atomic E-state index is 4.30. The van der Waals surface area contributed by atoms with E-state index in [4.69, 9.17) is 0 Å². The average Bonchev–Trinajstić information content (AvgIpc) is 3.17. The zero-order valence-electron chi connectivity index (χ0n) is 12.8. The van der Waals surface area contributed by atoms with Crippen molar-refractivity contribution >= 4 is 39.4 Å². The maximum Gasteiger partial charge on any atom is 0.191 e. The summed E-state index contributed by atoms with van der Waals surface area (Å²) in [6.45, 7) is 0. The topological polar surface area (TPSA) is 25.8 Å². The molecule has 0 amide bonds. The van der Waals surface area contributed by atoms with Gasteiger partial charge in [-0.2, -0.15) is 11.3 Å². The zero-order valence-corrected chi connectivity index (χ0v) is 14.4. The van der Waals surface area contributed by atoms with Crippen molar-refractivity contribution in [3.05, 3.63) is 94.3 Å². The van der Waals surface area contributed by atoms with E-state index in [9.17, 15) is 0 Å². The highest BCUT2D eigenvalue weighted by Gasteiger charge is 2.10. The summed E-state index contributed by atoms with van der Waals surface area (Å²) in [5, 5.41) is 9.70. The van der Waals surface area contributed by atoms with Crippen LogP contribution in [-0.2, 0) is 0 Å². The number of thioether (sulfide) groups is 1. The van der Waals surface area contributed by atoms with Crippen LogP contribution < -0.4 is 0 Å². The second-order valence-corrected chi connectivity index (χ2v) is 6.84. The molecule has 24 heavy (non-hydrogen) atoms. The van der Waals surface area contributed by atoms with E-state index in [0.717, 1.165) is 5.16 Å². The van der Waals surface area contributed by atoms with Crippen molar-refractivity contribution < 1.29 is 0 Å². The number of thiophene rings is 1. The molecule has 0 saturated heterocycles. The van der Waals surface area contributed by atoms with Crippen molar-refractivity contribution in [1.29, 1.82) is 0 Å². The first kappa shape index (κ1) is 15.1. The van der Waals surface area contributed by atoms with Crippen molar-refractivity contribution in [1.82, 2.24) is 9.97 Å². The molecule has 2 heterocycles. The highest BCUT2D eigenvalue weighted by atomic mass is 32.2. The first-order chi connectivity index (χ1) is 11.9. The molecule has 4 aromatic rings. The van der Waals surface area contributed by atoms with Crippen LogP contribution in [0.3, 0.4) is 0 Å². The molecule has 0 unspecified atom stereocenters. The van der Waals surface area contributed by atoms with E-state index in [1.54, 1.807) is 35.5 Å². The summed E-state index contributed by atoms with van der Waals surface area (Å²) in [5.74, 6) is 0. The van der Waals surface area contributed by atoms with Crippen LogP contribution >= 0.6 is 23.1 Å². The smallest absolute Gasteiger partial charge is 0.191 e. The first-order valence-corrected chi connectivity index (χ1v) is 9.38. The lowest BCUT2D eigenvalue weighted by molar-refractivity contribution is 0.971. The van der Waals surface area contributed by atoms with Crippen LogP contribution in [0.25, 0.3) is 16.3 Å². The van der Waals surface area contributed by atoms with Crippen molar-refractivity contribution in [2.24, 2.45) is 0 Å². The van der Waals surface area contributed by atoms with Crippen molar-refractivity contribution in [2.45, 2.75) is 5.16 Å². The Morgan fingerprint density at radius 1 is 0.917 bits per heavy atom. The van der Waals surface area contributed by atoms with Gasteiger partial charge in [-0.05, 0) is 55.8 Å². The molecule has 0 aliphatic rings. The molecule has 0 aliphatic carbocycles. The van der Waals surface area contributed by atoms with Crippen LogP contribution in [0.4, 0.5) is 0 Å². The molecule has 0 atom stereocenters. The van der Waals surface area contributed by atoms with Gasteiger partial charge in [0, 0.05) is 12.4 Å². The number of hydrogen-bond acceptors (Lipinski definition) is 4. The van der Waals surface area contributed by atoms with Crippen LogP contribution in [-0.4, -0.2) is 9.97 Å². The number of benzene rings is 2. The Hall–Kier alpha value is -2.43. The van der Waals surface area contributed by atoms with Crippen LogP contribution in [0.2, 0.25) is 0 Å². The molecule has 4 heteroatoms. The quantitative estimate of drug-likeness (QED) is 0.341. The third kappa shape index (κ3) is 3.11. The predicted octanol–water partition coefficient (Wildman–Crippen LogP) is 5.87. The van der Waals surface area contributed by atoms with E-state index in [2.05, 4.69) is 74.7 Å². The van der Waals surface area contributed by atoms with Gasteiger partial charge in [0.2, 0.25) is 0 Å². The Kier molecular flexibility index (Phi) is 4.40. The average molecular weight is 346 g/mol. The number of nitrogens with zero attached hydrogens (tertiary/aromatic N) is 2. The molecule has 2 aromatic heterocycles. The molecule has 0 spiro atoms. The number of rotatable bonds is 4. The van der Waals surface area contributed by atoms with E-state index in [-0.39, 0.29) is 0 Å². The Morgan fingerprint density at radius 2 is 1.75 bits per heavy atom. The normalized spacial score (nSPS) is 11.8. The number of hydrogen-bond donors (Lipinski definition) is 0. The van der Waals surface area contributed by atoms with E-state index in [1.165, 1.54) is 27.5 Å². The lowest BCUT2D eigenvalue weighted by Crippen LogP contribution is -1.88. The zero-order chi connectivity index (χ0) is 16.2. The highest BCUT2D eigenvalue weighted by molar-refractivity contribution is 8.02. The summed E-state index contributed by atoms with van der Waals surface area (Å²) in [7, 11) is 0. The largest absolute Gasteiger partial charge is 0.231 e. The second kappa shape index (κ2) is 6.99. The third-order valence-corrected chi connectivity index (χ3v) is 5.19. The molecule has 0 bridgehead atoms. The molecule has 4 rings (SSSR count). The molecule has 0 fully saturated rings. The monoisotopic (exact) mass is 346 g/mol. The first-order valence-electron chi connectivity index (χ1n) is 7.56. The summed E-state index contributed by atoms with van der Waals surface area (Å²) in [6.07, 6.45) is 3.54. The fraction of sp³-hybridized carbons (Fsp3) is 0. The Balaban J connectivity index is 1.84. The Bertz CT molecular complexity index is 972. The molecule has 0 radical (unpaired) electrons. The van der Waals surface area contributed by atoms with Gasteiger partial charge in [0.1, 0.15) is 0 Å². The Morgan fingerprint density at radius 3 is 2.58 bits per heavy atom. The van der Waals surface area contributed by atoms with Gasteiger partial charge in [-0.15, -0.1) is 0 Å². The fourth-order valence-corrected chi connectivity index (χ4v) is 4.01. The molecular formula is C20H14N2S2. The van der Waals surface area contributed by atoms with Crippen molar-refractivity contribution in [3.8, 4) is 0 Å². The molecule has 2 nitrogen and oxygen atoms in total. The fourth-order valence-electron chi connectivity index (χ4n) is 2.62. The maximum atomic E-state index is 4.30. The summed E-state index contributed by atoms with van der Waals surface area (Å²) >= 11 is 3.26. The summed E-state index contributed by atoms with van der Waals surface area (Å²) in [6, 6.07) is 18.9. The second-order valence-electron chi connectivity index (χ2n) is 5.22. The molecular weight excluding hydrogens is 332 g/mol. The van der Waals surface area contributed by atoms with Crippen molar-refractivity contribution in [2.75, 3.05) is 0 Å². The van der Waals surface area contributed by atoms with Gasteiger partial charge in [0.05, 0.1) is 0 Å². The van der Waals surface area contributed by atoms with Crippen LogP contribution in [0.15, 0.2) is 88.3 Å². The standard InChI is InChI=1S/C20H14N2S2/c1-2-7-17-15(5-1)6-3-8-18(17)19(16-9-12-23-13-16)14-24-20-21-10-4-11-22-20/h1-14H/b19-14+. The van der Waals surface area contributed by atoms with Crippen LogP contribution in [0, 0.1) is 0 Å². The molecule has 0 N–H and O–H groups in total. The van der Waals surface area contributed by atoms with Crippen LogP contribution in [0.1, 0.15) is 11.1 Å². The third-order valence-electron chi connectivity index (χ3n) is 3.74. The van der Waals surface area contributed by atoms with Crippen molar-refractivity contribution in [3.63, 3.8) is 0 Å². The minimum atomic E-state index is 0.755. The molecule has 0 aliphatic heterocycles. The summed E-state index contributed by atoms with van der Waals surface area (Å²) in [4.78, 5) is 8.60. The van der Waals surface area contributed by atoms with E-state index >= 15 is 0 Å². The van der Waals surface area contributed by atoms with Gasteiger partial charge < -0.3 is 0 Å². The van der Waals surface area contributed by atoms with Gasteiger partial charge >= 0.3 is 0 Å². The number of fused-ring (bicyclic) bond motifs is 1. The minimum absolute atomic E-state index is 0.755. The van der Waals surface area contributed by atoms with Gasteiger partial charge in [0.25, 0.3) is 0 Å². The lowest BCUT2D eigenvalue weighted by Gasteiger charge is -2.10. The Labute approximate surface area is 148 Å². The van der Waals surface area contributed by atoms with E-state index in [1.807, 2.05) is 6.07 Å². The minimum Gasteiger partial charge on any atom is -0.231 e.